The van der Waals surface area contributed by atoms with Crippen molar-refractivity contribution in [2.45, 2.75) is 26.8 Å². The Morgan fingerprint density at radius 2 is 2.10 bits per heavy atom. The summed E-state index contributed by atoms with van der Waals surface area (Å²) in [6, 6.07) is 4.43. The number of tetrazole rings is 1. The first-order valence-electron chi connectivity index (χ1n) is 6.46. The van der Waals surface area contributed by atoms with E-state index in [4.69, 9.17) is 0 Å². The molecule has 108 valence electrons. The van der Waals surface area contributed by atoms with E-state index < -0.39 is 0 Å². The number of aromatic nitrogens is 4. The molecule has 0 aliphatic rings. The van der Waals surface area contributed by atoms with Crippen LogP contribution in [0, 0.1) is 11.7 Å². The molecule has 20 heavy (non-hydrogen) atoms. The van der Waals surface area contributed by atoms with E-state index in [9.17, 15) is 4.39 Å². The summed E-state index contributed by atoms with van der Waals surface area (Å²) >= 11 is 3.34. The van der Waals surface area contributed by atoms with Gasteiger partial charge in [-0.15, -0.1) is 5.10 Å². The summed E-state index contributed by atoms with van der Waals surface area (Å²) in [5.74, 6) is 0.929. The van der Waals surface area contributed by atoms with Gasteiger partial charge in [0.2, 0.25) is 0 Å². The molecule has 0 aliphatic carbocycles. The molecule has 1 heterocycles. The normalized spacial score (nSPS) is 12.9. The monoisotopic (exact) mass is 341 g/mol. The Bertz CT molecular complexity index is 584. The lowest BCUT2D eigenvalue weighted by atomic mass is 10.2. The highest BCUT2D eigenvalue weighted by Crippen LogP contribution is 2.23. The van der Waals surface area contributed by atoms with E-state index in [1.807, 2.05) is 6.92 Å². The molecule has 1 aromatic heterocycles. The fourth-order valence-electron chi connectivity index (χ4n) is 1.79. The molecule has 0 saturated carbocycles. The van der Waals surface area contributed by atoms with Gasteiger partial charge in [0.15, 0.2) is 5.82 Å². The van der Waals surface area contributed by atoms with E-state index >= 15 is 0 Å². The van der Waals surface area contributed by atoms with Crippen LogP contribution in [0.15, 0.2) is 22.7 Å². The Hall–Kier alpha value is -1.34. The van der Waals surface area contributed by atoms with Gasteiger partial charge in [-0.3, -0.25) is 0 Å². The van der Waals surface area contributed by atoms with Crippen LogP contribution in [-0.2, 0) is 0 Å². The lowest BCUT2D eigenvalue weighted by Crippen LogP contribution is -2.25. The summed E-state index contributed by atoms with van der Waals surface area (Å²) in [6.45, 7) is 7.15. The molecule has 2 aromatic rings. The van der Waals surface area contributed by atoms with E-state index in [0.29, 0.717) is 21.9 Å². The first-order chi connectivity index (χ1) is 9.49. The van der Waals surface area contributed by atoms with Gasteiger partial charge in [-0.25, -0.2) is 4.39 Å². The predicted molar refractivity (Wildman–Crippen MR) is 78.1 cm³/mol. The van der Waals surface area contributed by atoms with Gasteiger partial charge in [0.1, 0.15) is 5.82 Å². The first kappa shape index (κ1) is 15.1. The molecule has 7 heteroatoms. The Balaban J connectivity index is 2.28. The molecule has 1 aromatic carbocycles. The zero-order valence-corrected chi connectivity index (χ0v) is 13.2. The van der Waals surface area contributed by atoms with E-state index in [1.54, 1.807) is 10.7 Å². The molecule has 0 fully saturated rings. The van der Waals surface area contributed by atoms with E-state index in [2.05, 4.69) is 50.6 Å². The number of benzene rings is 1. The average molecular weight is 342 g/mol. The molecule has 0 saturated heterocycles. The molecular formula is C13H17BrFN5. The van der Waals surface area contributed by atoms with Crippen molar-refractivity contribution in [3.05, 3.63) is 34.3 Å². The number of hydrogen-bond donors (Lipinski definition) is 1. The highest BCUT2D eigenvalue weighted by atomic mass is 79.9. The molecule has 1 unspecified atom stereocenters. The van der Waals surface area contributed by atoms with Gasteiger partial charge < -0.3 is 5.32 Å². The second-order valence-corrected chi connectivity index (χ2v) is 5.92. The molecule has 0 aliphatic heterocycles. The Labute approximate surface area is 125 Å². The van der Waals surface area contributed by atoms with Crippen LogP contribution in [0.5, 0.6) is 0 Å². The molecule has 2 rings (SSSR count). The van der Waals surface area contributed by atoms with Gasteiger partial charge in [0.05, 0.1) is 11.7 Å². The number of nitrogens with one attached hydrogen (secondary N) is 1. The van der Waals surface area contributed by atoms with Crippen LogP contribution < -0.4 is 5.32 Å². The van der Waals surface area contributed by atoms with Crippen molar-refractivity contribution in [1.82, 2.24) is 25.5 Å². The van der Waals surface area contributed by atoms with Crippen LogP contribution in [0.1, 0.15) is 32.6 Å². The maximum atomic E-state index is 13.2. The zero-order valence-electron chi connectivity index (χ0n) is 11.6. The van der Waals surface area contributed by atoms with Gasteiger partial charge in [0.25, 0.3) is 0 Å². The Morgan fingerprint density at radius 1 is 1.35 bits per heavy atom. The smallest absolute Gasteiger partial charge is 0.173 e. The van der Waals surface area contributed by atoms with Crippen molar-refractivity contribution in [2.24, 2.45) is 5.92 Å². The fraction of sp³-hybridized carbons (Fsp3) is 0.462. The topological polar surface area (TPSA) is 55.6 Å². The summed E-state index contributed by atoms with van der Waals surface area (Å²) in [5, 5.41) is 15.1. The minimum atomic E-state index is -0.304. The minimum Gasteiger partial charge on any atom is -0.307 e. The van der Waals surface area contributed by atoms with E-state index in [0.717, 1.165) is 6.54 Å². The van der Waals surface area contributed by atoms with Crippen LogP contribution in [0.3, 0.4) is 0 Å². The van der Waals surface area contributed by atoms with Crippen LogP contribution in [0.25, 0.3) is 5.69 Å². The molecule has 1 N–H and O–H groups in total. The Kier molecular flexibility index (Phi) is 4.82. The predicted octanol–water partition coefficient (Wildman–Crippen LogP) is 2.87. The fourth-order valence-corrected chi connectivity index (χ4v) is 2.31. The Morgan fingerprint density at radius 3 is 2.75 bits per heavy atom. The zero-order chi connectivity index (χ0) is 14.7. The van der Waals surface area contributed by atoms with Crippen LogP contribution in [-0.4, -0.2) is 26.8 Å². The van der Waals surface area contributed by atoms with Crippen molar-refractivity contribution < 1.29 is 4.39 Å². The quantitative estimate of drug-likeness (QED) is 0.908. The van der Waals surface area contributed by atoms with Crippen molar-refractivity contribution in [3.63, 3.8) is 0 Å². The molecular weight excluding hydrogens is 325 g/mol. The van der Waals surface area contributed by atoms with Crippen LogP contribution in [0.2, 0.25) is 0 Å². The average Bonchev–Trinajstić information content (AvgIpc) is 2.85. The summed E-state index contributed by atoms with van der Waals surface area (Å²) in [6.07, 6.45) is 0. The van der Waals surface area contributed by atoms with Gasteiger partial charge >= 0.3 is 0 Å². The highest BCUT2D eigenvalue weighted by Gasteiger charge is 2.17. The van der Waals surface area contributed by atoms with Gasteiger partial charge in [-0.1, -0.05) is 13.8 Å². The molecule has 0 amide bonds. The van der Waals surface area contributed by atoms with E-state index in [1.165, 1.54) is 12.1 Å². The molecule has 0 spiro atoms. The third-order valence-electron chi connectivity index (χ3n) is 2.85. The summed E-state index contributed by atoms with van der Waals surface area (Å²) in [5.41, 5.74) is 0.713. The molecule has 0 bridgehead atoms. The number of rotatable bonds is 5. The van der Waals surface area contributed by atoms with Gasteiger partial charge in [-0.05, 0) is 63.9 Å². The van der Waals surface area contributed by atoms with Crippen molar-refractivity contribution in [3.8, 4) is 5.69 Å². The van der Waals surface area contributed by atoms with Crippen molar-refractivity contribution in [1.29, 1.82) is 0 Å². The number of nitrogens with zero attached hydrogens (tertiary/aromatic N) is 4. The third-order valence-corrected chi connectivity index (χ3v) is 3.49. The largest absolute Gasteiger partial charge is 0.307 e. The summed E-state index contributed by atoms with van der Waals surface area (Å²) in [7, 11) is 0. The van der Waals surface area contributed by atoms with Crippen molar-refractivity contribution in [2.75, 3.05) is 6.54 Å². The second-order valence-electron chi connectivity index (χ2n) is 5.07. The minimum absolute atomic E-state index is 0.00403. The molecule has 0 radical (unpaired) electrons. The third kappa shape index (κ3) is 3.40. The summed E-state index contributed by atoms with van der Waals surface area (Å²) in [4.78, 5) is 0. The maximum Gasteiger partial charge on any atom is 0.173 e. The van der Waals surface area contributed by atoms with E-state index in [-0.39, 0.29) is 11.9 Å². The molecule has 1 atom stereocenters. The van der Waals surface area contributed by atoms with Gasteiger partial charge in [0, 0.05) is 4.47 Å². The lowest BCUT2D eigenvalue weighted by molar-refractivity contribution is 0.474. The van der Waals surface area contributed by atoms with Crippen LogP contribution >= 0.6 is 15.9 Å². The number of halogens is 2. The lowest BCUT2D eigenvalue weighted by Gasteiger charge is -2.15. The second kappa shape index (κ2) is 6.41. The number of hydrogen-bond acceptors (Lipinski definition) is 4. The highest BCUT2D eigenvalue weighted by molar-refractivity contribution is 9.10. The SMILES string of the molecule is CC(C)CNC(C)c1nnnn1-c1ccc(F)cc1Br. The molecule has 5 nitrogen and oxygen atoms in total. The van der Waals surface area contributed by atoms with Crippen molar-refractivity contribution >= 4 is 15.9 Å². The standard InChI is InChI=1S/C13H17BrFN5/c1-8(2)7-16-9(3)13-17-18-19-20(13)12-5-4-10(15)6-11(12)14/h4-6,8-9,16H,7H2,1-3H3. The first-order valence-corrected chi connectivity index (χ1v) is 7.25. The van der Waals surface area contributed by atoms with Gasteiger partial charge in [-0.2, -0.15) is 4.68 Å². The summed E-state index contributed by atoms with van der Waals surface area (Å²) < 4.78 is 15.4. The van der Waals surface area contributed by atoms with Crippen LogP contribution in [0.4, 0.5) is 4.39 Å². The maximum absolute atomic E-state index is 13.2.